The summed E-state index contributed by atoms with van der Waals surface area (Å²) in [5.41, 5.74) is 0. The van der Waals surface area contributed by atoms with Crippen LogP contribution in [-0.2, 0) is 0 Å². The van der Waals surface area contributed by atoms with Crippen LogP contribution in [0.2, 0.25) is 6.82 Å². The highest BCUT2D eigenvalue weighted by atomic mass is 14.0. The normalized spacial score (nSPS) is 13.9. The molecule has 0 aromatic heterocycles. The van der Waals surface area contributed by atoms with Crippen LogP contribution in [0.5, 0.6) is 0 Å². The van der Waals surface area contributed by atoms with Crippen LogP contribution < -0.4 is 0 Å². The van der Waals surface area contributed by atoms with Gasteiger partial charge in [-0.15, -0.1) is 5.98 Å². The molecule has 1 unspecified atom stereocenters. The standard InChI is InChI=1S/C9H18B/c1-4-6-9(2)7-5-8-10-3/h5,8-9H,4,6-7H2,1-3H3. The summed E-state index contributed by atoms with van der Waals surface area (Å²) >= 11 is 0. The van der Waals surface area contributed by atoms with E-state index in [1.165, 1.54) is 19.3 Å². The van der Waals surface area contributed by atoms with E-state index in [0.29, 0.717) is 0 Å². The molecule has 0 saturated carbocycles. The zero-order valence-electron chi connectivity index (χ0n) is 7.43. The molecule has 1 atom stereocenters. The number of hydrogen-bond acceptors (Lipinski definition) is 0. The first kappa shape index (κ1) is 9.80. The Bertz CT molecular complexity index is 86.7. The fourth-order valence-corrected chi connectivity index (χ4v) is 1.06. The van der Waals surface area contributed by atoms with E-state index in [9.17, 15) is 0 Å². The van der Waals surface area contributed by atoms with Crippen molar-refractivity contribution in [2.75, 3.05) is 0 Å². The maximum atomic E-state index is 2.31. The zero-order chi connectivity index (χ0) is 7.82. The van der Waals surface area contributed by atoms with Gasteiger partial charge in [-0.05, 0) is 12.3 Å². The van der Waals surface area contributed by atoms with E-state index in [0.717, 1.165) is 5.92 Å². The quantitative estimate of drug-likeness (QED) is 0.510. The van der Waals surface area contributed by atoms with Crippen LogP contribution in [0.3, 0.4) is 0 Å². The second kappa shape index (κ2) is 6.92. The maximum absolute atomic E-state index is 2.31. The van der Waals surface area contributed by atoms with Gasteiger partial charge in [0.05, 0.1) is 0 Å². The monoisotopic (exact) mass is 137 g/mol. The van der Waals surface area contributed by atoms with Gasteiger partial charge in [0.15, 0.2) is 0 Å². The molecule has 0 aliphatic rings. The Morgan fingerprint density at radius 3 is 2.70 bits per heavy atom. The highest BCUT2D eigenvalue weighted by Crippen LogP contribution is 2.09. The number of hydrogen-bond donors (Lipinski definition) is 0. The lowest BCUT2D eigenvalue weighted by Gasteiger charge is -2.04. The maximum Gasteiger partial charge on any atom is 0.137 e. The van der Waals surface area contributed by atoms with Gasteiger partial charge in [-0.2, -0.15) is 0 Å². The summed E-state index contributed by atoms with van der Waals surface area (Å²) in [6.45, 7) is 6.61. The number of rotatable bonds is 5. The summed E-state index contributed by atoms with van der Waals surface area (Å²) < 4.78 is 0. The van der Waals surface area contributed by atoms with Gasteiger partial charge in [0.25, 0.3) is 0 Å². The molecule has 0 aromatic carbocycles. The van der Waals surface area contributed by atoms with Crippen molar-refractivity contribution in [1.82, 2.24) is 0 Å². The Morgan fingerprint density at radius 1 is 1.50 bits per heavy atom. The molecule has 0 heterocycles. The van der Waals surface area contributed by atoms with Crippen LogP contribution in [-0.4, -0.2) is 7.28 Å². The first-order chi connectivity index (χ1) is 4.81. The average molecular weight is 137 g/mol. The van der Waals surface area contributed by atoms with Crippen molar-refractivity contribution in [2.45, 2.75) is 39.9 Å². The lowest BCUT2D eigenvalue weighted by Crippen LogP contribution is -1.90. The van der Waals surface area contributed by atoms with E-state index in [1.807, 2.05) is 0 Å². The molecule has 0 saturated heterocycles. The van der Waals surface area contributed by atoms with Crippen molar-refractivity contribution >= 4 is 7.28 Å². The van der Waals surface area contributed by atoms with Gasteiger partial charge in [0.2, 0.25) is 0 Å². The molecule has 57 valence electrons. The molecule has 1 heteroatoms. The van der Waals surface area contributed by atoms with Gasteiger partial charge in [0, 0.05) is 0 Å². The Kier molecular flexibility index (Phi) is 6.78. The summed E-state index contributed by atoms with van der Waals surface area (Å²) in [4.78, 5) is 0. The molecule has 0 rings (SSSR count). The Labute approximate surface area is 66.0 Å². The van der Waals surface area contributed by atoms with E-state index in [-0.39, 0.29) is 0 Å². The molecular formula is C9H18B. The Balaban J connectivity index is 3.20. The summed E-state index contributed by atoms with van der Waals surface area (Å²) in [5, 5.41) is 0. The van der Waals surface area contributed by atoms with E-state index < -0.39 is 0 Å². The smallest absolute Gasteiger partial charge is 0.127 e. The summed E-state index contributed by atoms with van der Waals surface area (Å²) in [6, 6.07) is 0. The van der Waals surface area contributed by atoms with Gasteiger partial charge < -0.3 is 0 Å². The molecule has 0 nitrogen and oxygen atoms in total. The summed E-state index contributed by atoms with van der Waals surface area (Å²) in [6.07, 6.45) is 6.15. The molecule has 0 amide bonds. The molecule has 1 radical (unpaired) electrons. The second-order valence-corrected chi connectivity index (χ2v) is 2.89. The summed E-state index contributed by atoms with van der Waals surface area (Å²) in [5.74, 6) is 2.99. The third-order valence-corrected chi connectivity index (χ3v) is 1.65. The number of allylic oxidation sites excluding steroid dienone is 1. The predicted octanol–water partition coefficient (Wildman–Crippen LogP) is 3.08. The Hall–Kier alpha value is -0.195. The molecule has 10 heavy (non-hydrogen) atoms. The molecule has 0 N–H and O–H groups in total. The zero-order valence-corrected chi connectivity index (χ0v) is 7.43. The fraction of sp³-hybridized carbons (Fsp3) is 0.778. The van der Waals surface area contributed by atoms with Gasteiger partial charge in [-0.25, -0.2) is 0 Å². The molecule has 0 aromatic rings. The van der Waals surface area contributed by atoms with Crippen molar-refractivity contribution in [3.8, 4) is 0 Å². The minimum Gasteiger partial charge on any atom is -0.127 e. The van der Waals surface area contributed by atoms with Crippen LogP contribution >= 0.6 is 0 Å². The lowest BCUT2D eigenvalue weighted by atomic mass is 9.82. The lowest BCUT2D eigenvalue weighted by molar-refractivity contribution is 0.532. The van der Waals surface area contributed by atoms with Crippen LogP contribution in [0.15, 0.2) is 12.1 Å². The van der Waals surface area contributed by atoms with Crippen LogP contribution in [0.4, 0.5) is 0 Å². The molecular weight excluding hydrogens is 119 g/mol. The van der Waals surface area contributed by atoms with E-state index >= 15 is 0 Å². The molecule has 0 spiro atoms. The fourth-order valence-electron chi connectivity index (χ4n) is 1.06. The first-order valence-electron chi connectivity index (χ1n) is 4.25. The highest BCUT2D eigenvalue weighted by Gasteiger charge is 1.95. The Morgan fingerprint density at radius 2 is 2.20 bits per heavy atom. The van der Waals surface area contributed by atoms with E-state index in [2.05, 4.69) is 40.0 Å². The van der Waals surface area contributed by atoms with Crippen molar-refractivity contribution in [3.63, 3.8) is 0 Å². The van der Waals surface area contributed by atoms with Gasteiger partial charge in [0.1, 0.15) is 7.28 Å². The second-order valence-electron chi connectivity index (χ2n) is 2.89. The van der Waals surface area contributed by atoms with Gasteiger partial charge in [-0.1, -0.05) is 39.6 Å². The van der Waals surface area contributed by atoms with Gasteiger partial charge in [-0.3, -0.25) is 0 Å². The van der Waals surface area contributed by atoms with Crippen LogP contribution in [0.25, 0.3) is 0 Å². The van der Waals surface area contributed by atoms with Gasteiger partial charge >= 0.3 is 0 Å². The van der Waals surface area contributed by atoms with Crippen molar-refractivity contribution in [3.05, 3.63) is 12.1 Å². The van der Waals surface area contributed by atoms with Crippen molar-refractivity contribution in [2.24, 2.45) is 5.92 Å². The third-order valence-electron chi connectivity index (χ3n) is 1.65. The highest BCUT2D eigenvalue weighted by molar-refractivity contribution is 6.40. The largest absolute Gasteiger partial charge is 0.137 e. The van der Waals surface area contributed by atoms with Crippen molar-refractivity contribution in [1.29, 1.82) is 0 Å². The van der Waals surface area contributed by atoms with Crippen LogP contribution in [0.1, 0.15) is 33.1 Å². The molecule has 0 aliphatic heterocycles. The minimum absolute atomic E-state index is 0.862. The third kappa shape index (κ3) is 5.93. The van der Waals surface area contributed by atoms with Crippen LogP contribution in [0, 0.1) is 5.92 Å². The summed E-state index contributed by atoms with van der Waals surface area (Å²) in [7, 11) is 2.08. The topological polar surface area (TPSA) is 0 Å². The minimum atomic E-state index is 0.862. The SMILES string of the molecule is C[B]C=CCC(C)CCC. The van der Waals surface area contributed by atoms with E-state index in [1.54, 1.807) is 0 Å². The first-order valence-corrected chi connectivity index (χ1v) is 4.25. The molecule has 0 aliphatic carbocycles. The molecule has 0 fully saturated rings. The van der Waals surface area contributed by atoms with E-state index in [4.69, 9.17) is 0 Å². The van der Waals surface area contributed by atoms with Crippen molar-refractivity contribution < 1.29 is 0 Å². The average Bonchev–Trinajstić information content (AvgIpc) is 1.89. The molecule has 0 bridgehead atoms. The predicted molar refractivity (Wildman–Crippen MR) is 49.4 cm³/mol.